The molecule has 0 spiro atoms. The smallest absolute Gasteiger partial charge is 0.0611 e. The molecule has 0 saturated carbocycles. The van der Waals surface area contributed by atoms with E-state index >= 15 is 0 Å². The molecule has 3 heteroatoms. The molecular formula is C13H30N2O. The third kappa shape index (κ3) is 4.04. The Balaban J connectivity index is 4.52. The van der Waals surface area contributed by atoms with Crippen LogP contribution in [0, 0.1) is 0 Å². The van der Waals surface area contributed by atoms with Crippen molar-refractivity contribution in [2.75, 3.05) is 20.7 Å². The molecule has 98 valence electrons. The molecule has 0 radical (unpaired) electrons. The molecule has 2 unspecified atom stereocenters. The second-order valence-corrected chi connectivity index (χ2v) is 5.80. The van der Waals surface area contributed by atoms with Gasteiger partial charge >= 0.3 is 0 Å². The van der Waals surface area contributed by atoms with Gasteiger partial charge in [0.1, 0.15) is 0 Å². The van der Waals surface area contributed by atoms with Gasteiger partial charge in [0, 0.05) is 17.1 Å². The summed E-state index contributed by atoms with van der Waals surface area (Å²) >= 11 is 0. The predicted molar refractivity (Wildman–Crippen MR) is 70.8 cm³/mol. The van der Waals surface area contributed by atoms with Gasteiger partial charge in [0.2, 0.25) is 0 Å². The van der Waals surface area contributed by atoms with Crippen LogP contribution in [0.3, 0.4) is 0 Å². The number of nitrogens with zero attached hydrogens (tertiary/aromatic N) is 1. The second-order valence-electron chi connectivity index (χ2n) is 5.80. The number of rotatable bonds is 7. The lowest BCUT2D eigenvalue weighted by Gasteiger charge is -2.42. The van der Waals surface area contributed by atoms with Crippen molar-refractivity contribution in [2.24, 2.45) is 0 Å². The Morgan fingerprint density at radius 3 is 2.12 bits per heavy atom. The molecule has 0 saturated heterocycles. The van der Waals surface area contributed by atoms with Crippen LogP contribution in [0.25, 0.3) is 0 Å². The minimum absolute atomic E-state index is 0.175. The fourth-order valence-electron chi connectivity index (χ4n) is 1.88. The molecule has 0 rings (SSSR count). The van der Waals surface area contributed by atoms with Crippen molar-refractivity contribution < 1.29 is 5.11 Å². The second kappa shape index (κ2) is 5.99. The Morgan fingerprint density at radius 1 is 1.31 bits per heavy atom. The molecule has 3 nitrogen and oxygen atoms in total. The van der Waals surface area contributed by atoms with Crippen LogP contribution in [-0.4, -0.2) is 47.8 Å². The van der Waals surface area contributed by atoms with E-state index in [1.54, 1.807) is 0 Å². The van der Waals surface area contributed by atoms with Crippen molar-refractivity contribution in [3.8, 4) is 0 Å². The molecule has 2 atom stereocenters. The van der Waals surface area contributed by atoms with Crippen molar-refractivity contribution in [1.29, 1.82) is 0 Å². The lowest BCUT2D eigenvalue weighted by Crippen LogP contribution is -2.52. The van der Waals surface area contributed by atoms with Gasteiger partial charge in [-0.3, -0.25) is 4.90 Å². The summed E-state index contributed by atoms with van der Waals surface area (Å²) in [7, 11) is 4.08. The van der Waals surface area contributed by atoms with Gasteiger partial charge in [-0.25, -0.2) is 0 Å². The normalized spacial score (nSPS) is 18.6. The van der Waals surface area contributed by atoms with Crippen LogP contribution in [0.15, 0.2) is 0 Å². The summed E-state index contributed by atoms with van der Waals surface area (Å²) in [5, 5.41) is 12.6. The van der Waals surface area contributed by atoms with E-state index in [-0.39, 0.29) is 17.7 Å². The van der Waals surface area contributed by atoms with E-state index in [0.29, 0.717) is 6.04 Å². The first-order valence-electron chi connectivity index (χ1n) is 6.25. The SMILES string of the molecule is CCC(C)(C)N(C)C(C)CC(C)(CO)NC. The van der Waals surface area contributed by atoms with E-state index in [1.165, 1.54) is 0 Å². The number of likely N-dealkylation sites (N-methyl/N-ethyl adjacent to an activating group) is 1. The highest BCUT2D eigenvalue weighted by molar-refractivity contribution is 4.89. The van der Waals surface area contributed by atoms with Crippen LogP contribution in [0.5, 0.6) is 0 Å². The van der Waals surface area contributed by atoms with Gasteiger partial charge in [0.25, 0.3) is 0 Å². The highest BCUT2D eigenvalue weighted by Crippen LogP contribution is 2.23. The lowest BCUT2D eigenvalue weighted by atomic mass is 9.90. The Kier molecular flexibility index (Phi) is 5.94. The van der Waals surface area contributed by atoms with Gasteiger partial charge in [0.15, 0.2) is 0 Å². The fraction of sp³-hybridized carbons (Fsp3) is 1.00. The van der Waals surface area contributed by atoms with Gasteiger partial charge in [-0.15, -0.1) is 0 Å². The van der Waals surface area contributed by atoms with E-state index in [1.807, 2.05) is 7.05 Å². The quantitative estimate of drug-likeness (QED) is 0.701. The standard InChI is InChI=1S/C13H30N2O/c1-8-12(3,4)15(7)11(2)9-13(5,10-16)14-6/h11,14,16H,8-10H2,1-7H3. The maximum absolute atomic E-state index is 9.39. The monoisotopic (exact) mass is 230 g/mol. The van der Waals surface area contributed by atoms with Gasteiger partial charge in [0.05, 0.1) is 6.61 Å². The summed E-state index contributed by atoms with van der Waals surface area (Å²) in [5.41, 5.74) is 0.0288. The number of hydrogen-bond donors (Lipinski definition) is 2. The number of hydrogen-bond acceptors (Lipinski definition) is 3. The van der Waals surface area contributed by atoms with Crippen LogP contribution in [0.4, 0.5) is 0 Å². The third-order valence-electron chi connectivity index (χ3n) is 4.18. The molecular weight excluding hydrogens is 200 g/mol. The molecule has 0 aromatic heterocycles. The van der Waals surface area contributed by atoms with Gasteiger partial charge < -0.3 is 10.4 Å². The van der Waals surface area contributed by atoms with Crippen LogP contribution >= 0.6 is 0 Å². The summed E-state index contributed by atoms with van der Waals surface area (Å²) in [6, 6.07) is 0.444. The van der Waals surface area contributed by atoms with Gasteiger partial charge in [-0.2, -0.15) is 0 Å². The van der Waals surface area contributed by atoms with E-state index in [0.717, 1.165) is 12.8 Å². The molecule has 0 bridgehead atoms. The average Bonchev–Trinajstić information content (AvgIpc) is 2.27. The van der Waals surface area contributed by atoms with E-state index in [2.05, 4.69) is 51.9 Å². The van der Waals surface area contributed by atoms with Crippen molar-refractivity contribution >= 4 is 0 Å². The summed E-state index contributed by atoms with van der Waals surface area (Å²) in [5.74, 6) is 0. The molecule has 0 aromatic rings. The third-order valence-corrected chi connectivity index (χ3v) is 4.18. The lowest BCUT2D eigenvalue weighted by molar-refractivity contribution is 0.0694. The first kappa shape index (κ1) is 15.9. The molecule has 0 fully saturated rings. The first-order chi connectivity index (χ1) is 7.22. The van der Waals surface area contributed by atoms with Crippen LogP contribution in [-0.2, 0) is 0 Å². The number of aliphatic hydroxyl groups excluding tert-OH is 1. The zero-order valence-electron chi connectivity index (χ0n) is 12.1. The van der Waals surface area contributed by atoms with Crippen molar-refractivity contribution in [1.82, 2.24) is 10.2 Å². The Hall–Kier alpha value is -0.120. The maximum Gasteiger partial charge on any atom is 0.0611 e. The van der Waals surface area contributed by atoms with Crippen LogP contribution in [0.1, 0.15) is 47.5 Å². The minimum Gasteiger partial charge on any atom is -0.394 e. The average molecular weight is 230 g/mol. The zero-order valence-corrected chi connectivity index (χ0v) is 12.1. The summed E-state index contributed by atoms with van der Waals surface area (Å²) < 4.78 is 0. The molecule has 0 aliphatic carbocycles. The van der Waals surface area contributed by atoms with Gasteiger partial charge in [-0.1, -0.05) is 6.92 Å². The summed E-state index contributed by atoms with van der Waals surface area (Å²) in [4.78, 5) is 2.40. The van der Waals surface area contributed by atoms with Crippen LogP contribution < -0.4 is 5.32 Å². The Morgan fingerprint density at radius 2 is 1.81 bits per heavy atom. The molecule has 2 N–H and O–H groups in total. The molecule has 0 heterocycles. The summed E-state index contributed by atoms with van der Waals surface area (Å²) in [6.07, 6.45) is 2.07. The molecule has 0 aromatic carbocycles. The van der Waals surface area contributed by atoms with E-state index < -0.39 is 0 Å². The number of nitrogens with one attached hydrogen (secondary N) is 1. The molecule has 16 heavy (non-hydrogen) atoms. The predicted octanol–water partition coefficient (Wildman–Crippen LogP) is 1.86. The first-order valence-corrected chi connectivity index (χ1v) is 6.25. The molecule has 0 aliphatic heterocycles. The van der Waals surface area contributed by atoms with Crippen LogP contribution in [0.2, 0.25) is 0 Å². The van der Waals surface area contributed by atoms with Crippen molar-refractivity contribution in [2.45, 2.75) is 64.6 Å². The molecule has 0 amide bonds. The number of aliphatic hydroxyl groups is 1. The minimum atomic E-state index is -0.183. The maximum atomic E-state index is 9.39. The highest BCUT2D eigenvalue weighted by atomic mass is 16.3. The van der Waals surface area contributed by atoms with E-state index in [9.17, 15) is 5.11 Å². The highest BCUT2D eigenvalue weighted by Gasteiger charge is 2.30. The van der Waals surface area contributed by atoms with Gasteiger partial charge in [-0.05, 0) is 54.6 Å². The summed E-state index contributed by atoms with van der Waals surface area (Å²) in [6.45, 7) is 11.2. The topological polar surface area (TPSA) is 35.5 Å². The Labute approximate surface area is 101 Å². The van der Waals surface area contributed by atoms with E-state index in [4.69, 9.17) is 0 Å². The molecule has 0 aliphatic rings. The Bertz CT molecular complexity index is 200. The fourth-order valence-corrected chi connectivity index (χ4v) is 1.88. The largest absolute Gasteiger partial charge is 0.394 e. The van der Waals surface area contributed by atoms with Crippen molar-refractivity contribution in [3.05, 3.63) is 0 Å². The van der Waals surface area contributed by atoms with Crippen molar-refractivity contribution in [3.63, 3.8) is 0 Å². The zero-order chi connectivity index (χ0) is 13.0.